The number of sulfonamides is 1. The molecule has 1 saturated heterocycles. The highest BCUT2D eigenvalue weighted by molar-refractivity contribution is 7.89. The number of aliphatic hydroxyl groups excluding tert-OH is 1. The summed E-state index contributed by atoms with van der Waals surface area (Å²) in [6, 6.07) is 14.8. The normalized spacial score (nSPS) is 17.1. The molecule has 4 rings (SSSR count). The van der Waals surface area contributed by atoms with Gasteiger partial charge < -0.3 is 15.3 Å². The summed E-state index contributed by atoms with van der Waals surface area (Å²) in [5.41, 5.74) is 0.891. The molecule has 3 amide bonds. The Kier molecular flexibility index (Phi) is 6.77. The Hall–Kier alpha value is -3.54. The van der Waals surface area contributed by atoms with E-state index in [4.69, 9.17) is 5.11 Å². The lowest BCUT2D eigenvalue weighted by molar-refractivity contribution is -0.137. The number of β-amino-alcohol motifs (C(OH)–C–C–N with tert-alkyl or cyclic N) is 1. The summed E-state index contributed by atoms with van der Waals surface area (Å²) >= 11 is 0. The Balaban J connectivity index is 1.43. The predicted molar refractivity (Wildman–Crippen MR) is 123 cm³/mol. The predicted octanol–water partition coefficient (Wildman–Crippen LogP) is 0.490. The van der Waals surface area contributed by atoms with Crippen LogP contribution in [0.1, 0.15) is 10.4 Å². The molecule has 0 bridgehead atoms. The van der Waals surface area contributed by atoms with Gasteiger partial charge in [0.15, 0.2) is 0 Å². The van der Waals surface area contributed by atoms with Gasteiger partial charge in [-0.25, -0.2) is 8.42 Å². The molecule has 0 atom stereocenters. The van der Waals surface area contributed by atoms with E-state index >= 15 is 0 Å². The van der Waals surface area contributed by atoms with Crippen LogP contribution < -0.4 is 5.32 Å². The molecule has 2 aromatic rings. The second-order valence-corrected chi connectivity index (χ2v) is 9.73. The number of rotatable bonds is 7. The molecule has 2 aliphatic rings. The summed E-state index contributed by atoms with van der Waals surface area (Å²) in [6.07, 6.45) is 1.11. The monoisotopic (exact) mass is 484 g/mol. The average Bonchev–Trinajstić information content (AvgIpc) is 3.12. The molecular weight excluding hydrogens is 460 g/mol. The maximum absolute atomic E-state index is 13.2. The van der Waals surface area contributed by atoms with Crippen LogP contribution in [0.5, 0.6) is 0 Å². The van der Waals surface area contributed by atoms with Gasteiger partial charge in [-0.15, -0.1) is 0 Å². The molecule has 2 heterocycles. The fraction of sp³-hybridized carbons (Fsp3) is 0.261. The van der Waals surface area contributed by atoms with Crippen molar-refractivity contribution in [2.75, 3.05) is 44.6 Å². The van der Waals surface area contributed by atoms with E-state index in [0.717, 1.165) is 11.0 Å². The second-order valence-electron chi connectivity index (χ2n) is 7.79. The summed E-state index contributed by atoms with van der Waals surface area (Å²) in [6.45, 7) is 0.396. The topological polar surface area (TPSA) is 127 Å². The summed E-state index contributed by atoms with van der Waals surface area (Å²) < 4.78 is 27.7. The van der Waals surface area contributed by atoms with Crippen molar-refractivity contribution in [1.29, 1.82) is 0 Å². The number of amides is 3. The van der Waals surface area contributed by atoms with E-state index in [2.05, 4.69) is 5.32 Å². The number of imide groups is 1. The molecular formula is C23H24N4O6S. The van der Waals surface area contributed by atoms with E-state index in [-0.39, 0.29) is 55.8 Å². The highest BCUT2D eigenvalue weighted by atomic mass is 32.2. The zero-order valence-corrected chi connectivity index (χ0v) is 19.1. The SMILES string of the molecule is O=C(c1ccccc1)N1CCN(S(=O)(=O)c2cccc(NC3=CC(=O)N(CCO)C3=O)c2)CC1. The second kappa shape index (κ2) is 9.75. The highest BCUT2D eigenvalue weighted by Crippen LogP contribution is 2.23. The van der Waals surface area contributed by atoms with Crippen molar-refractivity contribution >= 4 is 33.4 Å². The molecule has 10 nitrogen and oxygen atoms in total. The van der Waals surface area contributed by atoms with Crippen molar-refractivity contribution in [3.05, 3.63) is 71.9 Å². The molecule has 0 aliphatic carbocycles. The number of nitrogens with one attached hydrogen (secondary N) is 1. The van der Waals surface area contributed by atoms with E-state index < -0.39 is 21.8 Å². The molecule has 0 aromatic heterocycles. The van der Waals surface area contributed by atoms with Crippen molar-refractivity contribution in [3.8, 4) is 0 Å². The summed E-state index contributed by atoms with van der Waals surface area (Å²) in [7, 11) is -3.84. The number of anilines is 1. The van der Waals surface area contributed by atoms with Gasteiger partial charge in [-0.3, -0.25) is 19.3 Å². The molecule has 178 valence electrons. The van der Waals surface area contributed by atoms with E-state index in [1.165, 1.54) is 22.5 Å². The van der Waals surface area contributed by atoms with E-state index in [1.807, 2.05) is 6.07 Å². The van der Waals surface area contributed by atoms with Gasteiger partial charge in [-0.2, -0.15) is 4.31 Å². The van der Waals surface area contributed by atoms with Crippen LogP contribution in [0.15, 0.2) is 71.3 Å². The van der Waals surface area contributed by atoms with Crippen molar-refractivity contribution in [3.63, 3.8) is 0 Å². The smallest absolute Gasteiger partial charge is 0.277 e. The standard InChI is InChI=1S/C23H24N4O6S/c28-14-13-27-21(29)16-20(23(27)31)24-18-7-4-8-19(15-18)34(32,33)26-11-9-25(10-12-26)22(30)17-5-2-1-3-6-17/h1-8,15-16,24,28H,9-14H2. The Labute approximate surface area is 197 Å². The maximum Gasteiger partial charge on any atom is 0.277 e. The fourth-order valence-corrected chi connectivity index (χ4v) is 5.31. The Morgan fingerprint density at radius 3 is 2.35 bits per heavy atom. The number of piperazine rings is 1. The van der Waals surface area contributed by atoms with Crippen LogP contribution in [-0.2, 0) is 19.6 Å². The average molecular weight is 485 g/mol. The first-order chi connectivity index (χ1) is 16.3. The molecule has 0 spiro atoms. The third-order valence-electron chi connectivity index (χ3n) is 5.63. The number of carbonyl (C=O) groups excluding carboxylic acids is 3. The zero-order valence-electron chi connectivity index (χ0n) is 18.3. The maximum atomic E-state index is 13.2. The first-order valence-corrected chi connectivity index (χ1v) is 12.2. The lowest BCUT2D eigenvalue weighted by atomic mass is 10.2. The van der Waals surface area contributed by atoms with Gasteiger partial charge in [0.2, 0.25) is 10.0 Å². The molecule has 2 aliphatic heterocycles. The van der Waals surface area contributed by atoms with Crippen LogP contribution in [0.2, 0.25) is 0 Å². The minimum Gasteiger partial charge on any atom is -0.395 e. The number of nitrogens with zero attached hydrogens (tertiary/aromatic N) is 3. The molecule has 0 saturated carbocycles. The van der Waals surface area contributed by atoms with Gasteiger partial charge in [0.1, 0.15) is 5.70 Å². The molecule has 11 heteroatoms. The van der Waals surface area contributed by atoms with Gasteiger partial charge in [-0.05, 0) is 30.3 Å². The zero-order chi connectivity index (χ0) is 24.3. The molecule has 0 unspecified atom stereocenters. The molecule has 2 N–H and O–H groups in total. The largest absolute Gasteiger partial charge is 0.395 e. The van der Waals surface area contributed by atoms with Gasteiger partial charge in [0.25, 0.3) is 17.7 Å². The van der Waals surface area contributed by atoms with Crippen molar-refractivity contribution in [2.24, 2.45) is 0 Å². The van der Waals surface area contributed by atoms with Crippen LogP contribution in [0.4, 0.5) is 5.69 Å². The van der Waals surface area contributed by atoms with Gasteiger partial charge in [0, 0.05) is 43.5 Å². The number of carbonyl (C=O) groups is 3. The highest BCUT2D eigenvalue weighted by Gasteiger charge is 2.32. The Bertz CT molecular complexity index is 1240. The lowest BCUT2D eigenvalue weighted by Crippen LogP contribution is -2.50. The molecule has 2 aromatic carbocycles. The van der Waals surface area contributed by atoms with Crippen molar-refractivity contribution in [1.82, 2.24) is 14.1 Å². The number of benzene rings is 2. The first kappa shape index (κ1) is 23.6. The first-order valence-electron chi connectivity index (χ1n) is 10.7. The minimum absolute atomic E-state index is 0.000960. The van der Waals surface area contributed by atoms with E-state index in [1.54, 1.807) is 35.2 Å². The molecule has 0 radical (unpaired) electrons. The van der Waals surface area contributed by atoms with Crippen LogP contribution >= 0.6 is 0 Å². The van der Waals surface area contributed by atoms with Crippen LogP contribution in [0.25, 0.3) is 0 Å². The molecule has 34 heavy (non-hydrogen) atoms. The lowest BCUT2D eigenvalue weighted by Gasteiger charge is -2.34. The quantitative estimate of drug-likeness (QED) is 0.548. The Morgan fingerprint density at radius 2 is 1.68 bits per heavy atom. The Morgan fingerprint density at radius 1 is 0.971 bits per heavy atom. The third kappa shape index (κ3) is 4.72. The van der Waals surface area contributed by atoms with Crippen LogP contribution in [0, 0.1) is 0 Å². The van der Waals surface area contributed by atoms with Crippen molar-refractivity contribution < 1.29 is 27.9 Å². The van der Waals surface area contributed by atoms with Crippen LogP contribution in [-0.4, -0.2) is 84.7 Å². The minimum atomic E-state index is -3.84. The van der Waals surface area contributed by atoms with Gasteiger partial charge in [0.05, 0.1) is 18.0 Å². The van der Waals surface area contributed by atoms with Crippen LogP contribution in [0.3, 0.4) is 0 Å². The third-order valence-corrected chi connectivity index (χ3v) is 7.53. The number of hydrogen-bond donors (Lipinski definition) is 2. The van der Waals surface area contributed by atoms with Gasteiger partial charge in [-0.1, -0.05) is 24.3 Å². The van der Waals surface area contributed by atoms with Crippen molar-refractivity contribution in [2.45, 2.75) is 4.90 Å². The number of aliphatic hydroxyl groups is 1. The fourth-order valence-electron chi connectivity index (χ4n) is 3.84. The number of hydrogen-bond acceptors (Lipinski definition) is 7. The summed E-state index contributed by atoms with van der Waals surface area (Å²) in [5.74, 6) is -1.28. The van der Waals surface area contributed by atoms with E-state index in [9.17, 15) is 22.8 Å². The molecule has 1 fully saturated rings. The summed E-state index contributed by atoms with van der Waals surface area (Å²) in [5, 5.41) is 11.8. The summed E-state index contributed by atoms with van der Waals surface area (Å²) in [4.78, 5) is 39.4. The van der Waals surface area contributed by atoms with Gasteiger partial charge >= 0.3 is 0 Å². The van der Waals surface area contributed by atoms with E-state index in [0.29, 0.717) is 11.3 Å².